The Hall–Kier alpha value is -1.94. The van der Waals surface area contributed by atoms with Gasteiger partial charge in [0.05, 0.1) is 11.0 Å². The molecule has 3 aromatic rings. The molecule has 0 atom stereocenters. The molecule has 0 aliphatic rings. The second-order valence-electron chi connectivity index (χ2n) is 4.82. The third-order valence-corrected chi connectivity index (χ3v) is 3.62. The molecule has 0 spiro atoms. The summed E-state index contributed by atoms with van der Waals surface area (Å²) >= 11 is 5.80. The van der Waals surface area contributed by atoms with Gasteiger partial charge in [0.25, 0.3) is 0 Å². The van der Waals surface area contributed by atoms with Crippen LogP contribution in [0.2, 0.25) is 0 Å². The zero-order chi connectivity index (χ0) is 15.0. The molecule has 108 valence electrons. The van der Waals surface area contributed by atoms with E-state index in [-0.39, 0.29) is 5.69 Å². The van der Waals surface area contributed by atoms with Crippen molar-refractivity contribution >= 4 is 22.6 Å². The van der Waals surface area contributed by atoms with Gasteiger partial charge < -0.3 is 0 Å². The molecule has 0 saturated heterocycles. The summed E-state index contributed by atoms with van der Waals surface area (Å²) in [6.45, 7) is 1.92. The predicted octanol–water partition coefficient (Wildman–Crippen LogP) is 4.39. The van der Waals surface area contributed by atoms with Gasteiger partial charge in [-0.2, -0.15) is 0 Å². The lowest BCUT2D eigenvalue weighted by atomic mass is 10.2. The minimum absolute atomic E-state index is 0.106. The highest BCUT2D eigenvalue weighted by Gasteiger charge is 2.19. The largest absolute Gasteiger partial charge is 0.291 e. The molecule has 21 heavy (non-hydrogen) atoms. The zero-order valence-electron chi connectivity index (χ0n) is 11.4. The Morgan fingerprint density at radius 1 is 1.10 bits per heavy atom. The number of hydrogen-bond donors (Lipinski definition) is 0. The van der Waals surface area contributed by atoms with Crippen LogP contribution < -0.4 is 0 Å². The van der Waals surface area contributed by atoms with Crippen LogP contribution in [0.4, 0.5) is 8.78 Å². The van der Waals surface area contributed by atoms with Crippen LogP contribution in [-0.2, 0) is 6.42 Å². The summed E-state index contributed by atoms with van der Waals surface area (Å²) in [5.41, 5.74) is 2.27. The van der Waals surface area contributed by atoms with Gasteiger partial charge in [0, 0.05) is 12.3 Å². The molecule has 1 aromatic heterocycles. The summed E-state index contributed by atoms with van der Waals surface area (Å²) in [5.74, 6) is -0.352. The van der Waals surface area contributed by atoms with E-state index in [1.165, 1.54) is 22.8 Å². The van der Waals surface area contributed by atoms with Gasteiger partial charge in [-0.25, -0.2) is 13.8 Å². The van der Waals surface area contributed by atoms with E-state index < -0.39 is 11.6 Å². The minimum atomic E-state index is -0.619. The van der Waals surface area contributed by atoms with Crippen LogP contribution in [0.25, 0.3) is 16.7 Å². The third kappa shape index (κ3) is 2.29. The van der Waals surface area contributed by atoms with Crippen LogP contribution >= 0.6 is 11.6 Å². The van der Waals surface area contributed by atoms with Crippen molar-refractivity contribution < 1.29 is 8.78 Å². The van der Waals surface area contributed by atoms with Gasteiger partial charge in [-0.05, 0) is 30.7 Å². The lowest BCUT2D eigenvalue weighted by Crippen LogP contribution is -2.06. The molecule has 0 bridgehead atoms. The van der Waals surface area contributed by atoms with Crippen molar-refractivity contribution in [1.82, 2.24) is 9.55 Å². The van der Waals surface area contributed by atoms with E-state index in [4.69, 9.17) is 11.6 Å². The SMILES string of the molecule is Cc1cccc2c1nc(CCCl)n2-c1c(F)cccc1F. The molecule has 0 amide bonds. The maximum absolute atomic E-state index is 14.1. The molecule has 2 nitrogen and oxygen atoms in total. The number of imidazole rings is 1. The third-order valence-electron chi connectivity index (χ3n) is 3.44. The molecule has 3 rings (SSSR count). The summed E-state index contributed by atoms with van der Waals surface area (Å²) in [6.07, 6.45) is 0.434. The van der Waals surface area contributed by atoms with Crippen LogP contribution in [0, 0.1) is 18.6 Å². The highest BCUT2D eigenvalue weighted by molar-refractivity contribution is 6.17. The van der Waals surface area contributed by atoms with Crippen molar-refractivity contribution in [2.24, 2.45) is 0 Å². The standard InChI is InChI=1S/C16H13ClF2N2/c1-10-4-2-7-13-15(10)20-14(8-9-17)21(13)16-11(18)5-3-6-12(16)19/h2-7H,8-9H2,1H3. The van der Waals surface area contributed by atoms with E-state index in [1.807, 2.05) is 19.1 Å². The molecule has 0 saturated carbocycles. The summed E-state index contributed by atoms with van der Waals surface area (Å²) in [5, 5.41) is 0. The fraction of sp³-hybridized carbons (Fsp3) is 0.188. The summed E-state index contributed by atoms with van der Waals surface area (Å²) in [7, 11) is 0. The number of aromatic nitrogens is 2. The number of fused-ring (bicyclic) bond motifs is 1. The molecular formula is C16H13ClF2N2. The van der Waals surface area contributed by atoms with Crippen molar-refractivity contribution in [2.75, 3.05) is 5.88 Å². The summed E-state index contributed by atoms with van der Waals surface area (Å²) in [4.78, 5) is 4.51. The van der Waals surface area contributed by atoms with Gasteiger partial charge in [0.2, 0.25) is 0 Å². The number of aryl methyl sites for hydroxylation is 2. The maximum atomic E-state index is 14.1. The quantitative estimate of drug-likeness (QED) is 0.656. The minimum Gasteiger partial charge on any atom is -0.291 e. The van der Waals surface area contributed by atoms with Crippen LogP contribution in [-0.4, -0.2) is 15.4 Å². The smallest absolute Gasteiger partial charge is 0.150 e. The fourth-order valence-electron chi connectivity index (χ4n) is 2.49. The first-order chi connectivity index (χ1) is 10.1. The van der Waals surface area contributed by atoms with Crippen molar-refractivity contribution in [3.63, 3.8) is 0 Å². The van der Waals surface area contributed by atoms with Crippen LogP contribution in [0.5, 0.6) is 0 Å². The second kappa shape index (κ2) is 5.45. The molecule has 0 radical (unpaired) electrons. The molecular weight excluding hydrogens is 294 g/mol. The summed E-state index contributed by atoms with van der Waals surface area (Å²) in [6, 6.07) is 9.40. The molecule has 0 aliphatic carbocycles. The number of halogens is 3. The van der Waals surface area contributed by atoms with Gasteiger partial charge in [-0.3, -0.25) is 4.57 Å². The number of alkyl halides is 1. The van der Waals surface area contributed by atoms with Gasteiger partial charge in [-0.1, -0.05) is 18.2 Å². The van der Waals surface area contributed by atoms with Crippen molar-refractivity contribution in [1.29, 1.82) is 0 Å². The van der Waals surface area contributed by atoms with E-state index >= 15 is 0 Å². The number of rotatable bonds is 3. The van der Waals surface area contributed by atoms with Gasteiger partial charge >= 0.3 is 0 Å². The van der Waals surface area contributed by atoms with E-state index in [2.05, 4.69) is 4.98 Å². The molecule has 0 fully saturated rings. The van der Waals surface area contributed by atoms with Crippen molar-refractivity contribution in [3.05, 3.63) is 59.4 Å². The molecule has 5 heteroatoms. The molecule has 0 unspecified atom stereocenters. The van der Waals surface area contributed by atoms with Crippen LogP contribution in [0.3, 0.4) is 0 Å². The normalized spacial score (nSPS) is 11.2. The average molecular weight is 307 g/mol. The van der Waals surface area contributed by atoms with E-state index in [0.29, 0.717) is 23.6 Å². The van der Waals surface area contributed by atoms with Gasteiger partial charge in [0.15, 0.2) is 0 Å². The first kappa shape index (κ1) is 14.0. The van der Waals surface area contributed by atoms with E-state index in [9.17, 15) is 8.78 Å². The number of benzene rings is 2. The Kier molecular flexibility index (Phi) is 3.64. The Morgan fingerprint density at radius 2 is 1.76 bits per heavy atom. The Bertz CT molecular complexity index is 791. The Balaban J connectivity index is 2.40. The Labute approximate surface area is 126 Å². The number of hydrogen-bond acceptors (Lipinski definition) is 1. The van der Waals surface area contributed by atoms with E-state index in [0.717, 1.165) is 11.1 Å². The fourth-order valence-corrected chi connectivity index (χ4v) is 2.66. The van der Waals surface area contributed by atoms with Crippen molar-refractivity contribution in [3.8, 4) is 5.69 Å². The maximum Gasteiger partial charge on any atom is 0.150 e. The average Bonchev–Trinajstić information content (AvgIpc) is 2.80. The topological polar surface area (TPSA) is 17.8 Å². The monoisotopic (exact) mass is 306 g/mol. The van der Waals surface area contributed by atoms with Crippen LogP contribution in [0.1, 0.15) is 11.4 Å². The lowest BCUT2D eigenvalue weighted by molar-refractivity contribution is 0.568. The lowest BCUT2D eigenvalue weighted by Gasteiger charge is -2.10. The summed E-state index contributed by atoms with van der Waals surface area (Å²) < 4.78 is 29.8. The Morgan fingerprint density at radius 3 is 2.43 bits per heavy atom. The first-order valence-corrected chi connectivity index (χ1v) is 7.14. The molecule has 0 aliphatic heterocycles. The number of para-hydroxylation sites is 2. The van der Waals surface area contributed by atoms with Gasteiger partial charge in [-0.15, -0.1) is 11.6 Å². The zero-order valence-corrected chi connectivity index (χ0v) is 12.2. The van der Waals surface area contributed by atoms with Crippen molar-refractivity contribution in [2.45, 2.75) is 13.3 Å². The van der Waals surface area contributed by atoms with Gasteiger partial charge in [0.1, 0.15) is 23.1 Å². The first-order valence-electron chi connectivity index (χ1n) is 6.60. The number of nitrogens with zero attached hydrogens (tertiary/aromatic N) is 2. The molecule has 2 aromatic carbocycles. The molecule has 0 N–H and O–H groups in total. The highest BCUT2D eigenvalue weighted by Crippen LogP contribution is 2.27. The van der Waals surface area contributed by atoms with Crippen LogP contribution in [0.15, 0.2) is 36.4 Å². The second-order valence-corrected chi connectivity index (χ2v) is 5.19. The predicted molar refractivity (Wildman–Crippen MR) is 80.1 cm³/mol. The van der Waals surface area contributed by atoms with E-state index in [1.54, 1.807) is 6.07 Å². The molecule has 1 heterocycles. The highest BCUT2D eigenvalue weighted by atomic mass is 35.5.